The van der Waals surface area contributed by atoms with Crippen LogP contribution in [0, 0.1) is 23.2 Å². The summed E-state index contributed by atoms with van der Waals surface area (Å²) in [6.45, 7) is 12.9. The van der Waals surface area contributed by atoms with Gasteiger partial charge >= 0.3 is 0 Å². The minimum Gasteiger partial charge on any atom is -0.393 e. The van der Waals surface area contributed by atoms with E-state index < -0.39 is 17.8 Å². The first-order chi connectivity index (χ1) is 14.4. The molecule has 1 unspecified atom stereocenters. The number of rotatable bonds is 6. The van der Waals surface area contributed by atoms with Crippen molar-refractivity contribution in [2.75, 3.05) is 0 Å². The molecule has 0 aliphatic heterocycles. The van der Waals surface area contributed by atoms with Crippen molar-refractivity contribution in [3.63, 3.8) is 0 Å². The van der Waals surface area contributed by atoms with Crippen LogP contribution in [0.3, 0.4) is 0 Å². The van der Waals surface area contributed by atoms with Gasteiger partial charge in [-0.05, 0) is 99.5 Å². The van der Waals surface area contributed by atoms with Gasteiger partial charge in [0.05, 0.1) is 17.8 Å². The highest BCUT2D eigenvalue weighted by molar-refractivity contribution is 14.1. The third-order valence-electron chi connectivity index (χ3n) is 8.54. The van der Waals surface area contributed by atoms with E-state index in [4.69, 9.17) is 0 Å². The van der Waals surface area contributed by atoms with Gasteiger partial charge < -0.3 is 15.3 Å². The first-order valence-electron chi connectivity index (χ1n) is 12.2. The second kappa shape index (κ2) is 9.99. The van der Waals surface area contributed by atoms with Crippen molar-refractivity contribution in [2.24, 2.45) is 23.2 Å². The molecule has 31 heavy (non-hydrogen) atoms. The molecule has 4 heteroatoms. The van der Waals surface area contributed by atoms with E-state index in [1.165, 1.54) is 25.7 Å². The Morgan fingerprint density at radius 2 is 1.97 bits per heavy atom. The average molecular weight is 543 g/mol. The first-order valence-corrected chi connectivity index (χ1v) is 13.5. The normalized spacial score (nSPS) is 39.0. The summed E-state index contributed by atoms with van der Waals surface area (Å²) in [4.78, 5) is 0. The number of aliphatic hydroxyl groups excluding tert-OH is 2. The molecule has 3 nitrogen and oxygen atoms in total. The molecule has 0 aromatic rings. The standard InChI is InChI=1S/C27H43IO3/c1-17-20(15-21(29)16-25(17)30)9-8-19-7-6-13-27(5)22(10-11-23(19)27)18(2)24(28)12-14-26(3,4)31/h8-9,18,21-25,29-31H,1,6-7,10-16H2,2-5H3/b19-8+,20-9-/t18-,21+,22+,23-,24?,25-,27+/m0/s1. The molecule has 0 aromatic heterocycles. The number of allylic oxidation sites excluding steroid dienone is 3. The van der Waals surface area contributed by atoms with Crippen molar-refractivity contribution >= 4 is 22.6 Å². The van der Waals surface area contributed by atoms with E-state index in [9.17, 15) is 15.3 Å². The fourth-order valence-electron chi connectivity index (χ4n) is 6.61. The zero-order valence-electron chi connectivity index (χ0n) is 19.9. The predicted octanol–water partition coefficient (Wildman–Crippen LogP) is 6.12. The fourth-order valence-corrected chi connectivity index (χ4v) is 7.43. The summed E-state index contributed by atoms with van der Waals surface area (Å²) in [5, 5.41) is 30.4. The predicted molar refractivity (Wildman–Crippen MR) is 137 cm³/mol. The van der Waals surface area contributed by atoms with Crippen LogP contribution in [0.1, 0.15) is 85.5 Å². The van der Waals surface area contributed by atoms with E-state index >= 15 is 0 Å². The Morgan fingerprint density at radius 3 is 2.65 bits per heavy atom. The van der Waals surface area contributed by atoms with Crippen LogP contribution in [0.25, 0.3) is 0 Å². The second-order valence-electron chi connectivity index (χ2n) is 11.4. The minimum atomic E-state index is -0.619. The third kappa shape index (κ3) is 5.85. The van der Waals surface area contributed by atoms with Gasteiger partial charge in [0.2, 0.25) is 0 Å². The van der Waals surface area contributed by atoms with Crippen LogP contribution in [0.2, 0.25) is 0 Å². The highest BCUT2D eigenvalue weighted by Gasteiger charge is 2.51. The number of aliphatic hydroxyl groups is 3. The molecule has 0 saturated heterocycles. The number of hydrogen-bond acceptors (Lipinski definition) is 3. The molecule has 3 rings (SSSR count). The van der Waals surface area contributed by atoms with Crippen molar-refractivity contribution in [1.82, 2.24) is 0 Å². The van der Waals surface area contributed by atoms with E-state index in [1.54, 1.807) is 5.57 Å². The Morgan fingerprint density at radius 1 is 1.26 bits per heavy atom. The van der Waals surface area contributed by atoms with Crippen molar-refractivity contribution in [2.45, 2.75) is 107 Å². The van der Waals surface area contributed by atoms with Crippen LogP contribution in [-0.2, 0) is 0 Å². The average Bonchev–Trinajstić information content (AvgIpc) is 3.04. The van der Waals surface area contributed by atoms with Gasteiger partial charge in [-0.3, -0.25) is 0 Å². The van der Waals surface area contributed by atoms with Gasteiger partial charge in [-0.15, -0.1) is 0 Å². The Bertz CT molecular complexity index is 718. The van der Waals surface area contributed by atoms with Gasteiger partial charge in [0.15, 0.2) is 0 Å². The molecule has 0 spiro atoms. The first kappa shape index (κ1) is 25.5. The quantitative estimate of drug-likeness (QED) is 0.280. The van der Waals surface area contributed by atoms with Gasteiger partial charge in [-0.1, -0.05) is 60.7 Å². The molecule has 3 fully saturated rings. The molecule has 0 aromatic carbocycles. The molecule has 176 valence electrons. The van der Waals surface area contributed by atoms with Crippen LogP contribution >= 0.6 is 22.6 Å². The van der Waals surface area contributed by atoms with Gasteiger partial charge in [0, 0.05) is 10.3 Å². The van der Waals surface area contributed by atoms with E-state index in [1.807, 2.05) is 13.8 Å². The molecule has 0 amide bonds. The van der Waals surface area contributed by atoms with E-state index in [2.05, 4.69) is 55.2 Å². The maximum atomic E-state index is 10.2. The molecule has 3 aliphatic rings. The molecular formula is C27H43IO3. The lowest BCUT2D eigenvalue weighted by atomic mass is 9.60. The van der Waals surface area contributed by atoms with Crippen LogP contribution in [0.15, 0.2) is 35.5 Å². The molecule has 0 heterocycles. The topological polar surface area (TPSA) is 60.7 Å². The zero-order valence-corrected chi connectivity index (χ0v) is 22.1. The van der Waals surface area contributed by atoms with Crippen LogP contribution in [-0.4, -0.2) is 37.1 Å². The fraction of sp³-hybridized carbons (Fsp3) is 0.778. The summed E-state index contributed by atoms with van der Waals surface area (Å²) in [6, 6.07) is 0. The Kier molecular flexibility index (Phi) is 8.20. The van der Waals surface area contributed by atoms with Crippen LogP contribution in [0.4, 0.5) is 0 Å². The summed E-state index contributed by atoms with van der Waals surface area (Å²) < 4.78 is 0.592. The highest BCUT2D eigenvalue weighted by atomic mass is 127. The van der Waals surface area contributed by atoms with Crippen LogP contribution in [0.5, 0.6) is 0 Å². The monoisotopic (exact) mass is 542 g/mol. The van der Waals surface area contributed by atoms with Gasteiger partial charge in [0.1, 0.15) is 0 Å². The summed E-state index contributed by atoms with van der Waals surface area (Å²) in [7, 11) is 0. The number of halogens is 1. The van der Waals surface area contributed by atoms with E-state index in [-0.39, 0.29) is 0 Å². The maximum Gasteiger partial charge on any atom is 0.0811 e. The molecular weight excluding hydrogens is 499 g/mol. The Hall–Kier alpha value is -0.170. The largest absolute Gasteiger partial charge is 0.393 e. The van der Waals surface area contributed by atoms with E-state index in [0.29, 0.717) is 34.0 Å². The van der Waals surface area contributed by atoms with E-state index in [0.717, 1.165) is 36.3 Å². The summed E-state index contributed by atoms with van der Waals surface area (Å²) in [6.07, 6.45) is 12.5. The molecule has 3 aliphatic carbocycles. The van der Waals surface area contributed by atoms with Crippen molar-refractivity contribution < 1.29 is 15.3 Å². The molecule has 3 saturated carbocycles. The summed E-state index contributed by atoms with van der Waals surface area (Å²) >= 11 is 2.63. The van der Waals surface area contributed by atoms with Crippen LogP contribution < -0.4 is 0 Å². The molecule has 0 radical (unpaired) electrons. The SMILES string of the molecule is C=C1/C(=C\C=C2/CCC[C@]3(C)[C@@H]([C@H](C)C(I)CCC(C)(C)O)CC[C@@H]23)C[C@@H](O)C[C@@H]1O. The smallest absolute Gasteiger partial charge is 0.0811 e. The highest BCUT2D eigenvalue weighted by Crippen LogP contribution is 2.60. The Balaban J connectivity index is 1.74. The molecule has 3 N–H and O–H groups in total. The summed E-state index contributed by atoms with van der Waals surface area (Å²) in [5.74, 6) is 2.01. The van der Waals surface area contributed by atoms with Gasteiger partial charge in [-0.25, -0.2) is 0 Å². The van der Waals surface area contributed by atoms with Gasteiger partial charge in [0.25, 0.3) is 0 Å². The molecule has 0 bridgehead atoms. The Labute approximate surface area is 203 Å². The van der Waals surface area contributed by atoms with Crippen molar-refractivity contribution in [1.29, 1.82) is 0 Å². The third-order valence-corrected chi connectivity index (χ3v) is 10.3. The molecule has 7 atom stereocenters. The van der Waals surface area contributed by atoms with Gasteiger partial charge in [-0.2, -0.15) is 0 Å². The maximum absolute atomic E-state index is 10.2. The second-order valence-corrected chi connectivity index (χ2v) is 13.0. The lowest BCUT2D eigenvalue weighted by Crippen LogP contribution is -2.38. The lowest BCUT2D eigenvalue weighted by molar-refractivity contribution is 0.0621. The zero-order chi connectivity index (χ0) is 23.0. The summed E-state index contributed by atoms with van der Waals surface area (Å²) in [5.41, 5.74) is 3.11. The van der Waals surface area contributed by atoms with Crippen molar-refractivity contribution in [3.8, 4) is 0 Å². The minimum absolute atomic E-state index is 0.350. The number of hydrogen-bond donors (Lipinski definition) is 3. The number of alkyl halides is 1. The van der Waals surface area contributed by atoms with Crippen molar-refractivity contribution in [3.05, 3.63) is 35.5 Å². The lowest BCUT2D eigenvalue weighted by Gasteiger charge is -2.45. The number of fused-ring (bicyclic) bond motifs is 1.